The summed E-state index contributed by atoms with van der Waals surface area (Å²) >= 11 is 7.57. The second-order valence-electron chi connectivity index (χ2n) is 6.89. The minimum atomic E-state index is -1.08. The average Bonchev–Trinajstić information content (AvgIpc) is 2.79. The molecule has 0 bridgehead atoms. The maximum Gasteiger partial charge on any atom is 0.252 e. The highest BCUT2D eigenvalue weighted by atomic mass is 35.5. The van der Waals surface area contributed by atoms with E-state index >= 15 is 0 Å². The van der Waals surface area contributed by atoms with Crippen molar-refractivity contribution in [1.82, 2.24) is 5.32 Å². The summed E-state index contributed by atoms with van der Waals surface area (Å²) in [6, 6.07) is 24.9. The van der Waals surface area contributed by atoms with Crippen molar-refractivity contribution in [3.8, 4) is 6.07 Å². The van der Waals surface area contributed by atoms with Crippen molar-refractivity contribution >= 4 is 35.1 Å². The molecule has 1 atom stereocenters. The van der Waals surface area contributed by atoms with E-state index in [1.54, 1.807) is 61.5 Å². The fraction of sp³-hybridized carbons (Fsp3) is 0.125. The molecule has 0 aromatic heterocycles. The van der Waals surface area contributed by atoms with E-state index in [9.17, 15) is 14.9 Å². The quantitative estimate of drug-likeness (QED) is 0.400. The van der Waals surface area contributed by atoms with Gasteiger partial charge in [-0.3, -0.25) is 9.59 Å². The zero-order valence-corrected chi connectivity index (χ0v) is 17.8. The number of thioether (sulfide) groups is 1. The van der Waals surface area contributed by atoms with Crippen molar-refractivity contribution in [2.24, 2.45) is 0 Å². The first-order valence-electron chi connectivity index (χ1n) is 9.23. The number of halogens is 1. The number of hydrogen-bond acceptors (Lipinski definition) is 4. The Morgan fingerprint density at radius 1 is 0.933 bits per heavy atom. The Morgan fingerprint density at radius 3 is 2.13 bits per heavy atom. The van der Waals surface area contributed by atoms with Gasteiger partial charge in [-0.2, -0.15) is 5.26 Å². The summed E-state index contributed by atoms with van der Waals surface area (Å²) in [5, 5.41) is 13.0. The molecule has 0 radical (unpaired) electrons. The molecule has 4 nitrogen and oxygen atoms in total. The molecule has 3 rings (SSSR count). The Morgan fingerprint density at radius 2 is 1.50 bits per heavy atom. The van der Waals surface area contributed by atoms with Crippen LogP contribution in [0, 0.1) is 11.3 Å². The number of nitriles is 1. The third kappa shape index (κ3) is 5.29. The molecule has 0 saturated carbocycles. The lowest BCUT2D eigenvalue weighted by Crippen LogP contribution is -2.46. The van der Waals surface area contributed by atoms with E-state index in [2.05, 4.69) is 11.4 Å². The highest BCUT2D eigenvalue weighted by Crippen LogP contribution is 2.29. The van der Waals surface area contributed by atoms with Crippen LogP contribution in [0.25, 0.3) is 0 Å². The van der Waals surface area contributed by atoms with E-state index in [0.29, 0.717) is 27.5 Å². The Labute approximate surface area is 184 Å². The summed E-state index contributed by atoms with van der Waals surface area (Å²) in [5.74, 6) is -0.151. The Balaban J connectivity index is 1.67. The van der Waals surface area contributed by atoms with Gasteiger partial charge in [0.15, 0.2) is 5.78 Å². The van der Waals surface area contributed by atoms with Gasteiger partial charge in [-0.1, -0.05) is 66.2 Å². The highest BCUT2D eigenvalue weighted by molar-refractivity contribution is 7.99. The monoisotopic (exact) mass is 434 g/mol. The van der Waals surface area contributed by atoms with Crippen molar-refractivity contribution in [2.75, 3.05) is 5.75 Å². The van der Waals surface area contributed by atoms with E-state index in [0.717, 1.165) is 4.90 Å². The molecule has 0 saturated heterocycles. The maximum atomic E-state index is 12.7. The molecule has 1 unspecified atom stereocenters. The van der Waals surface area contributed by atoms with Gasteiger partial charge in [0, 0.05) is 27.3 Å². The van der Waals surface area contributed by atoms with Gasteiger partial charge < -0.3 is 5.32 Å². The summed E-state index contributed by atoms with van der Waals surface area (Å²) in [4.78, 5) is 26.0. The number of amides is 1. The predicted molar refractivity (Wildman–Crippen MR) is 120 cm³/mol. The molecule has 0 aliphatic heterocycles. The third-order valence-corrected chi connectivity index (χ3v) is 6.26. The van der Waals surface area contributed by atoms with Gasteiger partial charge in [-0.05, 0) is 31.2 Å². The smallest absolute Gasteiger partial charge is 0.252 e. The Kier molecular flexibility index (Phi) is 6.94. The van der Waals surface area contributed by atoms with Crippen LogP contribution < -0.4 is 5.32 Å². The zero-order chi connectivity index (χ0) is 21.6. The number of rotatable bonds is 7. The van der Waals surface area contributed by atoms with Gasteiger partial charge in [0.1, 0.15) is 5.54 Å². The lowest BCUT2D eigenvalue weighted by molar-refractivity contribution is 0.0929. The summed E-state index contributed by atoms with van der Waals surface area (Å²) in [7, 11) is 0. The minimum Gasteiger partial charge on any atom is -0.333 e. The van der Waals surface area contributed by atoms with Crippen LogP contribution in [0.4, 0.5) is 0 Å². The summed E-state index contributed by atoms with van der Waals surface area (Å²) < 4.78 is 0. The fourth-order valence-electron chi connectivity index (χ4n) is 2.73. The normalized spacial score (nSPS) is 12.4. The van der Waals surface area contributed by atoms with Crippen LogP contribution in [0.1, 0.15) is 33.2 Å². The number of ketones is 1. The molecule has 30 heavy (non-hydrogen) atoms. The summed E-state index contributed by atoms with van der Waals surface area (Å²) in [6.07, 6.45) is 0. The highest BCUT2D eigenvalue weighted by Gasteiger charge is 2.27. The van der Waals surface area contributed by atoms with Gasteiger partial charge >= 0.3 is 0 Å². The van der Waals surface area contributed by atoms with Crippen LogP contribution in [-0.2, 0) is 0 Å². The van der Waals surface area contributed by atoms with Crippen LogP contribution in [0.2, 0.25) is 5.02 Å². The van der Waals surface area contributed by atoms with Crippen molar-refractivity contribution in [3.63, 3.8) is 0 Å². The Bertz CT molecular complexity index is 1090. The molecule has 0 aliphatic rings. The van der Waals surface area contributed by atoms with E-state index < -0.39 is 5.54 Å². The van der Waals surface area contributed by atoms with Crippen LogP contribution >= 0.6 is 23.4 Å². The predicted octanol–water partition coefficient (Wildman–Crippen LogP) is 5.38. The molecule has 1 N–H and O–H groups in total. The average molecular weight is 435 g/mol. The Hall–Kier alpha value is -3.07. The number of hydrogen-bond donors (Lipinski definition) is 1. The van der Waals surface area contributed by atoms with Crippen molar-refractivity contribution < 1.29 is 9.59 Å². The van der Waals surface area contributed by atoms with E-state index in [4.69, 9.17) is 11.6 Å². The first kappa shape index (κ1) is 21.6. The lowest BCUT2D eigenvalue weighted by Gasteiger charge is -2.23. The molecule has 0 heterocycles. The van der Waals surface area contributed by atoms with E-state index in [1.807, 2.05) is 24.3 Å². The number of carbonyl (C=O) groups is 2. The summed E-state index contributed by atoms with van der Waals surface area (Å²) in [5.41, 5.74) is 0.377. The topological polar surface area (TPSA) is 70.0 Å². The number of nitrogens with zero attached hydrogens (tertiary/aromatic N) is 1. The van der Waals surface area contributed by atoms with Crippen LogP contribution in [-0.4, -0.2) is 23.0 Å². The van der Waals surface area contributed by atoms with Crippen LogP contribution in [0.5, 0.6) is 0 Å². The van der Waals surface area contributed by atoms with Gasteiger partial charge in [-0.25, -0.2) is 0 Å². The maximum absolute atomic E-state index is 12.7. The molecular weight excluding hydrogens is 416 g/mol. The first-order chi connectivity index (χ1) is 14.4. The first-order valence-corrected chi connectivity index (χ1v) is 10.6. The van der Waals surface area contributed by atoms with Gasteiger partial charge in [0.05, 0.1) is 11.1 Å². The standard InChI is InChI=1S/C24H19ClN2O2S/c1-24(15-26,16-30-21-10-6-5-9-20(21)25)27-23(29)19-13-11-18(12-14-19)22(28)17-7-3-2-4-8-17/h2-14H,16H2,1H3,(H,27,29). The number of carbonyl (C=O) groups excluding carboxylic acids is 2. The van der Waals surface area contributed by atoms with E-state index in [1.165, 1.54) is 11.8 Å². The largest absolute Gasteiger partial charge is 0.333 e. The fourth-order valence-corrected chi connectivity index (χ4v) is 3.99. The summed E-state index contributed by atoms with van der Waals surface area (Å²) in [6.45, 7) is 1.67. The number of benzene rings is 3. The third-order valence-electron chi connectivity index (χ3n) is 4.43. The second kappa shape index (κ2) is 9.62. The van der Waals surface area contributed by atoms with Crippen LogP contribution in [0.15, 0.2) is 83.8 Å². The molecule has 3 aromatic carbocycles. The van der Waals surface area contributed by atoms with Gasteiger partial charge in [0.2, 0.25) is 0 Å². The second-order valence-corrected chi connectivity index (χ2v) is 8.31. The SMILES string of the molecule is CC(C#N)(CSc1ccccc1Cl)NC(=O)c1ccc(C(=O)c2ccccc2)cc1. The molecule has 1 amide bonds. The number of nitrogens with one attached hydrogen (secondary N) is 1. The van der Waals surface area contributed by atoms with Crippen molar-refractivity contribution in [1.29, 1.82) is 5.26 Å². The van der Waals surface area contributed by atoms with Crippen LogP contribution in [0.3, 0.4) is 0 Å². The molecule has 3 aromatic rings. The van der Waals surface area contributed by atoms with Gasteiger partial charge in [-0.15, -0.1) is 11.8 Å². The molecule has 0 aliphatic carbocycles. The zero-order valence-electron chi connectivity index (χ0n) is 16.3. The van der Waals surface area contributed by atoms with Gasteiger partial charge in [0.25, 0.3) is 5.91 Å². The molecule has 0 spiro atoms. The van der Waals surface area contributed by atoms with Crippen molar-refractivity contribution in [3.05, 3.63) is 101 Å². The van der Waals surface area contributed by atoms with E-state index in [-0.39, 0.29) is 11.7 Å². The molecule has 150 valence electrons. The molecular formula is C24H19ClN2O2S. The molecule has 0 fully saturated rings. The minimum absolute atomic E-state index is 0.111. The molecule has 6 heteroatoms. The lowest BCUT2D eigenvalue weighted by atomic mass is 10.0. The van der Waals surface area contributed by atoms with Crippen molar-refractivity contribution in [2.45, 2.75) is 17.4 Å².